The van der Waals surface area contributed by atoms with E-state index in [9.17, 15) is 0 Å². The quantitative estimate of drug-likeness (QED) is 0.652. The molecule has 0 saturated heterocycles. The second-order valence-electron chi connectivity index (χ2n) is 2.16. The van der Waals surface area contributed by atoms with Crippen LogP contribution in [0.25, 0.3) is 0 Å². The summed E-state index contributed by atoms with van der Waals surface area (Å²) in [4.78, 5) is 1.43. The van der Waals surface area contributed by atoms with Gasteiger partial charge in [0.15, 0.2) is 0 Å². The molecule has 52 valence electrons. The van der Waals surface area contributed by atoms with Gasteiger partial charge in [0, 0.05) is 0 Å². The molecule has 0 radical (unpaired) electrons. The fourth-order valence-corrected chi connectivity index (χ4v) is 3.38. The predicted octanol–water partition coefficient (Wildman–Crippen LogP) is 1.78. The summed E-state index contributed by atoms with van der Waals surface area (Å²) in [5.74, 6) is 1.07. The van der Waals surface area contributed by atoms with Crippen LogP contribution < -0.4 is 5.32 Å². The minimum absolute atomic E-state index is 0.316. The normalized spacial score (nSPS) is 21.8. The van der Waals surface area contributed by atoms with Gasteiger partial charge in [-0.1, -0.05) is 0 Å². The summed E-state index contributed by atoms with van der Waals surface area (Å²) in [7, 11) is 0.316. The van der Waals surface area contributed by atoms with Crippen LogP contribution in [-0.2, 0) is 0 Å². The SMILES string of the molecule is [Se]=S1CNc2ccccc21. The number of nitrogens with one attached hydrogen (secondary N) is 1. The molecule has 0 bridgehead atoms. The molecular weight excluding hydrogens is 209 g/mol. The van der Waals surface area contributed by atoms with Crippen molar-refractivity contribution in [2.45, 2.75) is 4.90 Å². The van der Waals surface area contributed by atoms with Crippen molar-refractivity contribution < 1.29 is 0 Å². The van der Waals surface area contributed by atoms with Crippen LogP contribution in [0.15, 0.2) is 29.2 Å². The predicted molar refractivity (Wildman–Crippen MR) is 46.5 cm³/mol. The van der Waals surface area contributed by atoms with E-state index >= 15 is 0 Å². The van der Waals surface area contributed by atoms with Gasteiger partial charge in [-0.25, -0.2) is 0 Å². The molecule has 1 aromatic carbocycles. The molecule has 1 unspecified atom stereocenters. The van der Waals surface area contributed by atoms with E-state index in [2.05, 4.69) is 44.0 Å². The molecular formula is C7H7NSSe. The molecule has 1 aliphatic rings. The zero-order valence-corrected chi connectivity index (χ0v) is 7.86. The number of hydrogen-bond donors (Lipinski definition) is 1. The first-order chi connectivity index (χ1) is 4.88. The first-order valence-corrected chi connectivity index (χ1v) is 6.51. The Labute approximate surface area is 69.4 Å². The third-order valence-corrected chi connectivity index (χ3v) is 4.65. The van der Waals surface area contributed by atoms with E-state index in [1.807, 2.05) is 0 Å². The van der Waals surface area contributed by atoms with Crippen LogP contribution in [0.1, 0.15) is 0 Å². The summed E-state index contributed by atoms with van der Waals surface area (Å²) in [6, 6.07) is 8.45. The van der Waals surface area contributed by atoms with Gasteiger partial charge >= 0.3 is 69.2 Å². The van der Waals surface area contributed by atoms with Gasteiger partial charge < -0.3 is 0 Å². The van der Waals surface area contributed by atoms with Crippen LogP contribution in [0.2, 0.25) is 0 Å². The Morgan fingerprint density at radius 3 is 3.00 bits per heavy atom. The fraction of sp³-hybridized carbons (Fsp3) is 0.143. The second kappa shape index (κ2) is 2.50. The molecule has 0 aromatic heterocycles. The average Bonchev–Trinajstić information content (AvgIpc) is 2.34. The van der Waals surface area contributed by atoms with Crippen LogP contribution >= 0.6 is 8.82 Å². The summed E-state index contributed by atoms with van der Waals surface area (Å²) in [5.41, 5.74) is 1.30. The third kappa shape index (κ3) is 0.947. The van der Waals surface area contributed by atoms with Gasteiger partial charge in [0.25, 0.3) is 0 Å². The summed E-state index contributed by atoms with van der Waals surface area (Å²) >= 11 is 3.16. The topological polar surface area (TPSA) is 12.0 Å². The van der Waals surface area contributed by atoms with E-state index in [-0.39, 0.29) is 0 Å². The maximum absolute atomic E-state index is 3.33. The molecule has 1 aromatic rings. The molecule has 0 amide bonds. The van der Waals surface area contributed by atoms with E-state index in [4.69, 9.17) is 0 Å². The van der Waals surface area contributed by atoms with Crippen LogP contribution in [0.5, 0.6) is 0 Å². The zero-order valence-electron chi connectivity index (χ0n) is 5.33. The van der Waals surface area contributed by atoms with Crippen molar-refractivity contribution in [1.82, 2.24) is 0 Å². The Bertz CT molecular complexity index is 285. The van der Waals surface area contributed by atoms with Crippen molar-refractivity contribution in [3.05, 3.63) is 24.3 Å². The van der Waals surface area contributed by atoms with Crippen LogP contribution in [0.4, 0.5) is 5.69 Å². The molecule has 0 spiro atoms. The molecule has 3 heteroatoms. The maximum atomic E-state index is 3.33. The molecule has 1 nitrogen and oxygen atoms in total. The molecule has 1 N–H and O–H groups in total. The third-order valence-electron chi connectivity index (χ3n) is 1.53. The van der Waals surface area contributed by atoms with E-state index in [0.29, 0.717) is 8.82 Å². The van der Waals surface area contributed by atoms with Crippen molar-refractivity contribution >= 4 is 28.9 Å². The Morgan fingerprint density at radius 1 is 1.40 bits per heavy atom. The summed E-state index contributed by atoms with van der Waals surface area (Å²) < 4.78 is 0. The molecule has 2 rings (SSSR count). The molecule has 1 aliphatic heterocycles. The van der Waals surface area contributed by atoms with Gasteiger partial charge in [-0.05, 0) is 0 Å². The number of hydrogen-bond acceptors (Lipinski definition) is 1. The minimum atomic E-state index is 0.316. The number of para-hydroxylation sites is 1. The monoisotopic (exact) mass is 217 g/mol. The van der Waals surface area contributed by atoms with Crippen LogP contribution in [0.3, 0.4) is 0 Å². The standard InChI is InChI=1S/C7H7NSSe/c10-9-5-8-6-3-1-2-4-7(6)9/h1-4,8H,5H2. The molecule has 10 heavy (non-hydrogen) atoms. The van der Waals surface area contributed by atoms with Gasteiger partial charge in [0.05, 0.1) is 0 Å². The van der Waals surface area contributed by atoms with Crippen molar-refractivity contribution in [2.75, 3.05) is 11.2 Å². The Hall–Kier alpha value is -0.111. The Balaban J connectivity index is 2.61. The molecule has 1 heterocycles. The van der Waals surface area contributed by atoms with Gasteiger partial charge in [-0.2, -0.15) is 0 Å². The molecule has 1 atom stereocenters. The number of fused-ring (bicyclic) bond motifs is 1. The van der Waals surface area contributed by atoms with Crippen molar-refractivity contribution in [3.63, 3.8) is 0 Å². The number of rotatable bonds is 0. The van der Waals surface area contributed by atoms with Crippen molar-refractivity contribution in [1.29, 1.82) is 0 Å². The van der Waals surface area contributed by atoms with Crippen LogP contribution in [-0.4, -0.2) is 20.3 Å². The summed E-state index contributed by atoms with van der Waals surface area (Å²) in [6.45, 7) is 0. The summed E-state index contributed by atoms with van der Waals surface area (Å²) in [5, 5.41) is 3.33. The Kier molecular flexibility index (Phi) is 1.64. The second-order valence-corrected chi connectivity index (χ2v) is 6.11. The van der Waals surface area contributed by atoms with Crippen molar-refractivity contribution in [2.24, 2.45) is 0 Å². The molecule has 0 aliphatic carbocycles. The van der Waals surface area contributed by atoms with E-state index in [1.54, 1.807) is 0 Å². The Morgan fingerprint density at radius 2 is 2.20 bits per heavy atom. The van der Waals surface area contributed by atoms with E-state index < -0.39 is 0 Å². The summed E-state index contributed by atoms with van der Waals surface area (Å²) in [6.07, 6.45) is 0. The van der Waals surface area contributed by atoms with Crippen molar-refractivity contribution in [3.8, 4) is 0 Å². The molecule has 0 fully saturated rings. The van der Waals surface area contributed by atoms with Gasteiger partial charge in [0.1, 0.15) is 0 Å². The van der Waals surface area contributed by atoms with Gasteiger partial charge in [-0.15, -0.1) is 0 Å². The van der Waals surface area contributed by atoms with Crippen LogP contribution in [0, 0.1) is 0 Å². The van der Waals surface area contributed by atoms with Gasteiger partial charge in [-0.3, -0.25) is 0 Å². The van der Waals surface area contributed by atoms with Gasteiger partial charge in [0.2, 0.25) is 0 Å². The number of benzene rings is 1. The first-order valence-electron chi connectivity index (χ1n) is 3.09. The van der Waals surface area contributed by atoms with E-state index in [0.717, 1.165) is 5.88 Å². The first kappa shape index (κ1) is 6.59. The average molecular weight is 216 g/mol. The molecule has 0 saturated carbocycles. The zero-order chi connectivity index (χ0) is 6.97. The van der Waals surface area contributed by atoms with E-state index in [1.165, 1.54) is 10.6 Å². The fourth-order valence-electron chi connectivity index (χ4n) is 1.03. The number of anilines is 1.